The van der Waals surface area contributed by atoms with Crippen LogP contribution in [0.25, 0.3) is 10.6 Å². The van der Waals surface area contributed by atoms with Gasteiger partial charge in [0.05, 0.1) is 11.3 Å². The molecule has 1 aromatic heterocycles. The third-order valence-electron chi connectivity index (χ3n) is 2.09. The highest BCUT2D eigenvalue weighted by atomic mass is 32.1. The molecule has 0 atom stereocenters. The van der Waals surface area contributed by atoms with E-state index < -0.39 is 10.9 Å². The van der Waals surface area contributed by atoms with Crippen LogP contribution < -0.4 is 0 Å². The minimum Gasteiger partial charge on any atom is -0.481 e. The van der Waals surface area contributed by atoms with Crippen LogP contribution >= 0.6 is 11.3 Å². The maximum absolute atomic E-state index is 10.5. The second kappa shape index (κ2) is 4.88. The second-order valence-electron chi connectivity index (χ2n) is 3.38. The first-order valence-corrected chi connectivity index (χ1v) is 5.67. The molecular weight excluding hydrogens is 258 g/mol. The summed E-state index contributed by atoms with van der Waals surface area (Å²) in [5.41, 5.74) is 0.670. The van der Waals surface area contributed by atoms with Crippen LogP contribution in [-0.4, -0.2) is 26.2 Å². The van der Waals surface area contributed by atoms with Crippen molar-refractivity contribution >= 4 is 23.0 Å². The van der Waals surface area contributed by atoms with Gasteiger partial charge in [0.2, 0.25) is 0 Å². The topological polar surface area (TPSA) is 106 Å². The molecule has 0 spiro atoms. The third kappa shape index (κ3) is 2.66. The summed E-state index contributed by atoms with van der Waals surface area (Å²) < 4.78 is 0. The molecule has 0 bridgehead atoms. The Hall–Kier alpha value is -2.35. The van der Waals surface area contributed by atoms with Crippen molar-refractivity contribution in [2.75, 3.05) is 0 Å². The zero-order chi connectivity index (χ0) is 13.1. The maximum Gasteiger partial charge on any atom is 0.310 e. The van der Waals surface area contributed by atoms with E-state index in [9.17, 15) is 14.9 Å². The van der Waals surface area contributed by atoms with Crippen molar-refractivity contribution in [1.82, 2.24) is 10.2 Å². The van der Waals surface area contributed by atoms with Gasteiger partial charge < -0.3 is 5.11 Å². The number of hydrogen-bond donors (Lipinski definition) is 1. The average Bonchev–Trinajstić information content (AvgIpc) is 2.76. The molecule has 0 aliphatic carbocycles. The van der Waals surface area contributed by atoms with E-state index in [-0.39, 0.29) is 12.1 Å². The lowest BCUT2D eigenvalue weighted by molar-refractivity contribution is -0.384. The maximum atomic E-state index is 10.5. The van der Waals surface area contributed by atoms with Crippen LogP contribution in [0.1, 0.15) is 5.01 Å². The number of nitro benzene ring substituents is 1. The zero-order valence-electron chi connectivity index (χ0n) is 8.94. The van der Waals surface area contributed by atoms with Gasteiger partial charge in [0.25, 0.3) is 5.69 Å². The standard InChI is InChI=1S/C10H7N3O4S/c14-9(15)5-8-11-12-10(18-8)6-1-3-7(4-2-6)13(16)17/h1-4H,5H2,(H,14,15). The number of nitro groups is 1. The van der Waals surface area contributed by atoms with Crippen LogP contribution in [0.5, 0.6) is 0 Å². The summed E-state index contributed by atoms with van der Waals surface area (Å²) in [5, 5.41) is 27.6. The summed E-state index contributed by atoms with van der Waals surface area (Å²) in [6.07, 6.45) is -0.176. The molecule has 2 rings (SSSR count). The van der Waals surface area contributed by atoms with Gasteiger partial charge in [-0.05, 0) is 12.1 Å². The zero-order valence-corrected chi connectivity index (χ0v) is 9.75. The highest BCUT2D eigenvalue weighted by Crippen LogP contribution is 2.25. The summed E-state index contributed by atoms with van der Waals surface area (Å²) in [6, 6.07) is 5.85. The smallest absolute Gasteiger partial charge is 0.310 e. The van der Waals surface area contributed by atoms with Crippen molar-refractivity contribution < 1.29 is 14.8 Å². The van der Waals surface area contributed by atoms with E-state index in [4.69, 9.17) is 5.11 Å². The van der Waals surface area contributed by atoms with Gasteiger partial charge in [-0.1, -0.05) is 11.3 Å². The average molecular weight is 265 g/mol. The van der Waals surface area contributed by atoms with E-state index in [1.54, 1.807) is 12.1 Å². The normalized spacial score (nSPS) is 10.2. The van der Waals surface area contributed by atoms with E-state index in [1.807, 2.05) is 0 Å². The molecule has 0 aliphatic rings. The lowest BCUT2D eigenvalue weighted by Crippen LogP contribution is -1.98. The van der Waals surface area contributed by atoms with Crippen molar-refractivity contribution in [3.05, 3.63) is 39.4 Å². The summed E-state index contributed by atoms with van der Waals surface area (Å²) in [6.45, 7) is 0. The molecule has 1 aromatic carbocycles. The molecule has 0 radical (unpaired) electrons. The van der Waals surface area contributed by atoms with Crippen molar-refractivity contribution in [3.63, 3.8) is 0 Å². The van der Waals surface area contributed by atoms with Crippen molar-refractivity contribution in [1.29, 1.82) is 0 Å². The molecule has 92 valence electrons. The number of non-ortho nitro benzene ring substituents is 1. The van der Waals surface area contributed by atoms with Crippen molar-refractivity contribution in [3.8, 4) is 10.6 Å². The molecule has 2 aromatic rings. The van der Waals surface area contributed by atoms with Gasteiger partial charge in [-0.3, -0.25) is 14.9 Å². The molecule has 0 saturated carbocycles. The molecule has 0 aliphatic heterocycles. The fourth-order valence-corrected chi connectivity index (χ4v) is 2.13. The molecule has 8 heteroatoms. The summed E-state index contributed by atoms with van der Waals surface area (Å²) >= 11 is 1.16. The first-order chi connectivity index (χ1) is 8.56. The van der Waals surface area contributed by atoms with Gasteiger partial charge in [-0.25, -0.2) is 0 Å². The largest absolute Gasteiger partial charge is 0.481 e. The highest BCUT2D eigenvalue weighted by Gasteiger charge is 2.11. The number of rotatable bonds is 4. The molecular formula is C10H7N3O4S. The monoisotopic (exact) mass is 265 g/mol. The Balaban J connectivity index is 2.23. The Morgan fingerprint density at radius 1 is 1.33 bits per heavy atom. The van der Waals surface area contributed by atoms with E-state index in [0.29, 0.717) is 15.6 Å². The van der Waals surface area contributed by atoms with Crippen molar-refractivity contribution in [2.45, 2.75) is 6.42 Å². The van der Waals surface area contributed by atoms with E-state index in [0.717, 1.165) is 11.3 Å². The van der Waals surface area contributed by atoms with Crippen LogP contribution in [0.4, 0.5) is 5.69 Å². The number of carbonyl (C=O) groups is 1. The van der Waals surface area contributed by atoms with Crippen LogP contribution in [0.2, 0.25) is 0 Å². The SMILES string of the molecule is O=C(O)Cc1nnc(-c2ccc([N+](=O)[O-])cc2)s1. The predicted octanol–water partition coefficient (Wildman–Crippen LogP) is 1.74. The second-order valence-corrected chi connectivity index (χ2v) is 4.44. The Labute approximate surface area is 105 Å². The number of benzene rings is 1. The Morgan fingerprint density at radius 2 is 2.00 bits per heavy atom. The third-order valence-corrected chi connectivity index (χ3v) is 3.07. The summed E-state index contributed by atoms with van der Waals surface area (Å²) in [7, 11) is 0. The Kier molecular flexibility index (Phi) is 3.28. The quantitative estimate of drug-likeness (QED) is 0.666. The molecule has 18 heavy (non-hydrogen) atoms. The molecule has 0 fully saturated rings. The number of nitrogens with zero attached hydrogens (tertiary/aromatic N) is 3. The van der Waals surface area contributed by atoms with Gasteiger partial charge in [0, 0.05) is 17.7 Å². The minimum absolute atomic E-state index is 0.00553. The number of hydrogen-bond acceptors (Lipinski definition) is 6. The number of carboxylic acids is 1. The molecule has 1 N–H and O–H groups in total. The number of aliphatic carboxylic acids is 1. The van der Waals surface area contributed by atoms with E-state index in [1.165, 1.54) is 12.1 Å². The number of carboxylic acid groups (broad SMARTS) is 1. The number of aromatic nitrogens is 2. The van der Waals surface area contributed by atoms with Crippen LogP contribution in [-0.2, 0) is 11.2 Å². The highest BCUT2D eigenvalue weighted by molar-refractivity contribution is 7.14. The first-order valence-electron chi connectivity index (χ1n) is 4.85. The first kappa shape index (κ1) is 12.1. The Morgan fingerprint density at radius 3 is 2.56 bits per heavy atom. The van der Waals surface area contributed by atoms with Crippen LogP contribution in [0, 0.1) is 10.1 Å². The molecule has 7 nitrogen and oxygen atoms in total. The van der Waals surface area contributed by atoms with Gasteiger partial charge in [0.1, 0.15) is 10.0 Å². The van der Waals surface area contributed by atoms with Gasteiger partial charge in [-0.2, -0.15) is 0 Å². The fraction of sp³-hybridized carbons (Fsp3) is 0.100. The van der Waals surface area contributed by atoms with Crippen LogP contribution in [0.3, 0.4) is 0 Å². The lowest BCUT2D eigenvalue weighted by atomic mass is 10.2. The predicted molar refractivity (Wildman–Crippen MR) is 63.3 cm³/mol. The van der Waals surface area contributed by atoms with Gasteiger partial charge in [0.15, 0.2) is 0 Å². The Bertz CT molecular complexity index is 593. The molecule has 0 unspecified atom stereocenters. The minimum atomic E-state index is -0.971. The lowest BCUT2D eigenvalue weighted by Gasteiger charge is -1.94. The van der Waals surface area contributed by atoms with Gasteiger partial charge in [-0.15, -0.1) is 10.2 Å². The van der Waals surface area contributed by atoms with Crippen molar-refractivity contribution in [2.24, 2.45) is 0 Å². The van der Waals surface area contributed by atoms with E-state index in [2.05, 4.69) is 10.2 Å². The van der Waals surface area contributed by atoms with Crippen LogP contribution in [0.15, 0.2) is 24.3 Å². The van der Waals surface area contributed by atoms with Gasteiger partial charge >= 0.3 is 5.97 Å². The van der Waals surface area contributed by atoms with E-state index >= 15 is 0 Å². The molecule has 0 saturated heterocycles. The molecule has 0 amide bonds. The fourth-order valence-electron chi connectivity index (χ4n) is 1.30. The summed E-state index contributed by atoms with van der Waals surface area (Å²) in [4.78, 5) is 20.5. The summed E-state index contributed by atoms with van der Waals surface area (Å²) in [5.74, 6) is -0.971. The molecule has 1 heterocycles.